The minimum absolute atomic E-state index is 0.230. The Labute approximate surface area is 236 Å². The smallest absolute Gasteiger partial charge is 0.335 e. The normalized spacial score (nSPS) is 14.3. The number of carbonyl (C=O) groups is 3. The largest absolute Gasteiger partial charge is 0.489 e. The molecule has 200 valence electrons. The molecular formula is C32H25ClN2O5. The molecular weight excluding hydrogens is 528 g/mol. The van der Waals surface area contributed by atoms with E-state index in [1.807, 2.05) is 61.5 Å². The zero-order chi connectivity index (χ0) is 28.1. The van der Waals surface area contributed by atoms with Crippen LogP contribution in [-0.2, 0) is 22.8 Å². The van der Waals surface area contributed by atoms with Gasteiger partial charge in [0, 0.05) is 10.6 Å². The lowest BCUT2D eigenvalue weighted by Crippen LogP contribution is -2.54. The highest BCUT2D eigenvalue weighted by molar-refractivity contribution is 6.39. The van der Waals surface area contributed by atoms with Gasteiger partial charge in [-0.25, -0.2) is 9.69 Å². The number of ether oxygens (including phenoxy) is 2. The topological polar surface area (TPSA) is 84.9 Å². The number of rotatable bonds is 8. The van der Waals surface area contributed by atoms with E-state index in [1.54, 1.807) is 42.5 Å². The number of barbiturate groups is 1. The molecule has 8 heteroatoms. The van der Waals surface area contributed by atoms with Gasteiger partial charge in [-0.3, -0.25) is 14.9 Å². The SMILES string of the molecule is Cc1ccc(COc2ccc(N3C(=O)NC(=O)/C(=C\c4cc(Cl)ccc4OCc4ccccc4)C3=O)cc2)cc1. The molecule has 5 rings (SSSR count). The molecule has 1 aliphatic heterocycles. The summed E-state index contributed by atoms with van der Waals surface area (Å²) in [6.45, 7) is 2.67. The summed E-state index contributed by atoms with van der Waals surface area (Å²) < 4.78 is 11.8. The maximum atomic E-state index is 13.4. The number of urea groups is 1. The molecule has 1 N–H and O–H groups in total. The van der Waals surface area contributed by atoms with Crippen LogP contribution in [-0.4, -0.2) is 17.8 Å². The Balaban J connectivity index is 1.35. The molecule has 0 aliphatic carbocycles. The van der Waals surface area contributed by atoms with Crippen molar-refractivity contribution in [2.24, 2.45) is 0 Å². The lowest BCUT2D eigenvalue weighted by atomic mass is 10.1. The van der Waals surface area contributed by atoms with Gasteiger partial charge < -0.3 is 9.47 Å². The van der Waals surface area contributed by atoms with E-state index in [4.69, 9.17) is 21.1 Å². The predicted molar refractivity (Wildman–Crippen MR) is 153 cm³/mol. The van der Waals surface area contributed by atoms with Crippen LogP contribution in [0.1, 0.15) is 22.3 Å². The maximum Gasteiger partial charge on any atom is 0.335 e. The van der Waals surface area contributed by atoms with Crippen molar-refractivity contribution in [2.45, 2.75) is 20.1 Å². The van der Waals surface area contributed by atoms with E-state index in [0.29, 0.717) is 28.7 Å². The molecule has 0 aromatic heterocycles. The van der Waals surface area contributed by atoms with Crippen molar-refractivity contribution in [1.82, 2.24) is 5.32 Å². The van der Waals surface area contributed by atoms with Crippen LogP contribution < -0.4 is 19.7 Å². The first-order chi connectivity index (χ1) is 19.4. The molecule has 4 aromatic rings. The summed E-state index contributed by atoms with van der Waals surface area (Å²) in [4.78, 5) is 39.7. The summed E-state index contributed by atoms with van der Waals surface area (Å²) in [5.41, 5.74) is 3.61. The van der Waals surface area contributed by atoms with Crippen molar-refractivity contribution in [2.75, 3.05) is 4.90 Å². The second-order valence-corrected chi connectivity index (χ2v) is 9.62. The van der Waals surface area contributed by atoms with Crippen molar-refractivity contribution < 1.29 is 23.9 Å². The number of carbonyl (C=O) groups excluding carboxylic acids is 3. The molecule has 4 aromatic carbocycles. The third-order valence-corrected chi connectivity index (χ3v) is 6.47. The average molecular weight is 553 g/mol. The van der Waals surface area contributed by atoms with Gasteiger partial charge in [-0.1, -0.05) is 71.8 Å². The lowest BCUT2D eigenvalue weighted by Gasteiger charge is -2.26. The zero-order valence-electron chi connectivity index (χ0n) is 21.6. The van der Waals surface area contributed by atoms with E-state index in [0.717, 1.165) is 21.6 Å². The second kappa shape index (κ2) is 11.9. The molecule has 1 fully saturated rings. The number of hydrogen-bond acceptors (Lipinski definition) is 5. The highest BCUT2D eigenvalue weighted by Gasteiger charge is 2.37. The number of halogens is 1. The van der Waals surface area contributed by atoms with Gasteiger partial charge in [0.25, 0.3) is 11.8 Å². The Bertz CT molecular complexity index is 1580. The minimum Gasteiger partial charge on any atom is -0.489 e. The van der Waals surface area contributed by atoms with Gasteiger partial charge in [0.2, 0.25) is 0 Å². The standard InChI is InChI=1S/C32H25ClN2O5/c1-21-7-9-23(10-8-21)19-39-27-14-12-26(13-15-27)35-31(37)28(30(36)34-32(35)38)18-24-17-25(33)11-16-29(24)40-20-22-5-3-2-4-6-22/h2-18H,19-20H2,1H3,(H,34,36,38)/b28-18+. The number of aryl methyl sites for hydroxylation is 1. The number of anilines is 1. The van der Waals surface area contributed by atoms with Gasteiger partial charge in [-0.05, 0) is 66.6 Å². The molecule has 0 saturated carbocycles. The average Bonchev–Trinajstić information content (AvgIpc) is 2.95. The number of nitrogens with one attached hydrogen (secondary N) is 1. The molecule has 0 spiro atoms. The van der Waals surface area contributed by atoms with Crippen LogP contribution in [0.2, 0.25) is 5.02 Å². The first kappa shape index (κ1) is 26.7. The van der Waals surface area contributed by atoms with E-state index < -0.39 is 17.8 Å². The van der Waals surface area contributed by atoms with Crippen LogP contribution in [0.3, 0.4) is 0 Å². The summed E-state index contributed by atoms with van der Waals surface area (Å²) in [5, 5.41) is 2.64. The molecule has 40 heavy (non-hydrogen) atoms. The maximum absolute atomic E-state index is 13.4. The summed E-state index contributed by atoms with van der Waals surface area (Å²) in [7, 11) is 0. The fraction of sp³-hybridized carbons (Fsp3) is 0.0938. The first-order valence-electron chi connectivity index (χ1n) is 12.5. The third-order valence-electron chi connectivity index (χ3n) is 6.23. The van der Waals surface area contributed by atoms with Gasteiger partial charge in [0.15, 0.2) is 0 Å². The minimum atomic E-state index is -0.841. The van der Waals surface area contributed by atoms with E-state index in [1.165, 1.54) is 6.08 Å². The number of benzene rings is 4. The number of amides is 4. The molecule has 4 amide bonds. The van der Waals surface area contributed by atoms with Crippen LogP contribution >= 0.6 is 11.6 Å². The quantitative estimate of drug-likeness (QED) is 0.200. The molecule has 1 saturated heterocycles. The van der Waals surface area contributed by atoms with Crippen molar-refractivity contribution in [1.29, 1.82) is 0 Å². The molecule has 0 unspecified atom stereocenters. The summed E-state index contributed by atoms with van der Waals surface area (Å²) in [6.07, 6.45) is 1.38. The van der Waals surface area contributed by atoms with E-state index in [-0.39, 0.29) is 17.9 Å². The molecule has 0 atom stereocenters. The van der Waals surface area contributed by atoms with Crippen molar-refractivity contribution in [3.8, 4) is 11.5 Å². The Morgan fingerprint density at radius 2 is 1.48 bits per heavy atom. The van der Waals surface area contributed by atoms with Gasteiger partial charge in [-0.2, -0.15) is 0 Å². The van der Waals surface area contributed by atoms with Crippen LogP contribution in [0.15, 0.2) is 103 Å². The fourth-order valence-corrected chi connectivity index (χ4v) is 4.27. The number of imide groups is 2. The van der Waals surface area contributed by atoms with E-state index >= 15 is 0 Å². The summed E-state index contributed by atoms with van der Waals surface area (Å²) in [5.74, 6) is -0.575. The Morgan fingerprint density at radius 3 is 2.20 bits per heavy atom. The monoisotopic (exact) mass is 552 g/mol. The van der Waals surface area contributed by atoms with Crippen LogP contribution in [0, 0.1) is 6.92 Å². The summed E-state index contributed by atoms with van der Waals surface area (Å²) in [6, 6.07) is 28.1. The van der Waals surface area contributed by atoms with Crippen molar-refractivity contribution in [3.63, 3.8) is 0 Å². The van der Waals surface area contributed by atoms with E-state index in [2.05, 4.69) is 5.32 Å². The van der Waals surface area contributed by atoms with Gasteiger partial charge in [0.05, 0.1) is 5.69 Å². The Morgan fingerprint density at radius 1 is 0.800 bits per heavy atom. The fourth-order valence-electron chi connectivity index (χ4n) is 4.09. The molecule has 0 bridgehead atoms. The van der Waals surface area contributed by atoms with Gasteiger partial charge >= 0.3 is 6.03 Å². The predicted octanol–water partition coefficient (Wildman–Crippen LogP) is 6.47. The molecule has 7 nitrogen and oxygen atoms in total. The van der Waals surface area contributed by atoms with Crippen LogP contribution in [0.4, 0.5) is 10.5 Å². The zero-order valence-corrected chi connectivity index (χ0v) is 22.4. The van der Waals surface area contributed by atoms with Crippen molar-refractivity contribution in [3.05, 3.63) is 130 Å². The number of nitrogens with zero attached hydrogens (tertiary/aromatic N) is 1. The third kappa shape index (κ3) is 6.22. The van der Waals surface area contributed by atoms with Crippen LogP contribution in [0.5, 0.6) is 11.5 Å². The Kier molecular flexibility index (Phi) is 7.94. The summed E-state index contributed by atoms with van der Waals surface area (Å²) >= 11 is 6.21. The van der Waals surface area contributed by atoms with Gasteiger partial charge in [-0.15, -0.1) is 0 Å². The van der Waals surface area contributed by atoms with Crippen LogP contribution in [0.25, 0.3) is 6.08 Å². The highest BCUT2D eigenvalue weighted by atomic mass is 35.5. The second-order valence-electron chi connectivity index (χ2n) is 9.18. The highest BCUT2D eigenvalue weighted by Crippen LogP contribution is 2.29. The Hall–Kier alpha value is -4.88. The van der Waals surface area contributed by atoms with E-state index in [9.17, 15) is 14.4 Å². The molecule has 1 aliphatic rings. The van der Waals surface area contributed by atoms with Gasteiger partial charge in [0.1, 0.15) is 30.3 Å². The molecule has 0 radical (unpaired) electrons. The lowest BCUT2D eigenvalue weighted by molar-refractivity contribution is -0.122. The number of hydrogen-bond donors (Lipinski definition) is 1. The molecule has 1 heterocycles. The van der Waals surface area contributed by atoms with Crippen molar-refractivity contribution >= 4 is 41.2 Å². The first-order valence-corrected chi connectivity index (χ1v) is 12.9.